The summed E-state index contributed by atoms with van der Waals surface area (Å²) in [7, 11) is 1.16. The van der Waals surface area contributed by atoms with Crippen molar-refractivity contribution in [2.45, 2.75) is 6.18 Å². The Labute approximate surface area is 182 Å². The number of nitrogens with one attached hydrogen (secondary N) is 1. The fourth-order valence-electron chi connectivity index (χ4n) is 2.99. The molecular weight excluding hydrogens is 446 g/mol. The first-order chi connectivity index (χ1) is 15.7. The molecule has 0 saturated carbocycles. The smallest absolute Gasteiger partial charge is 0.433 e. The highest BCUT2D eigenvalue weighted by Gasteiger charge is 2.36. The van der Waals surface area contributed by atoms with Gasteiger partial charge in [-0.2, -0.15) is 22.7 Å². The van der Waals surface area contributed by atoms with Gasteiger partial charge in [-0.25, -0.2) is 14.2 Å². The summed E-state index contributed by atoms with van der Waals surface area (Å²) in [6, 6.07) is 11.3. The first-order valence-corrected chi connectivity index (χ1v) is 9.27. The molecule has 0 saturated heterocycles. The molecule has 0 radical (unpaired) electrons. The zero-order valence-electron chi connectivity index (χ0n) is 16.7. The maximum absolute atomic E-state index is 13.7. The summed E-state index contributed by atoms with van der Waals surface area (Å²) >= 11 is 0. The molecule has 2 heterocycles. The molecule has 4 aromatic rings. The normalized spacial score (nSPS) is 11.4. The zero-order chi connectivity index (χ0) is 23.8. The van der Waals surface area contributed by atoms with Crippen LogP contribution in [-0.4, -0.2) is 38.6 Å². The van der Waals surface area contributed by atoms with Gasteiger partial charge >= 0.3 is 12.1 Å². The van der Waals surface area contributed by atoms with Crippen molar-refractivity contribution in [3.05, 3.63) is 77.5 Å². The quantitative estimate of drug-likeness (QED) is 0.366. The number of anilines is 1. The van der Waals surface area contributed by atoms with E-state index in [4.69, 9.17) is 0 Å². The maximum Gasteiger partial charge on any atom is 0.433 e. The SMILES string of the molecule is COC(=O)c1ccccc1NC(=O)c1nc2nc(-c3ccc(F)cc3)cc(C(F)(F)F)n2n1. The van der Waals surface area contributed by atoms with Crippen LogP contribution >= 0.6 is 0 Å². The molecule has 0 unspecified atom stereocenters. The molecule has 33 heavy (non-hydrogen) atoms. The molecule has 0 aliphatic heterocycles. The topological polar surface area (TPSA) is 98.5 Å². The number of methoxy groups -OCH3 is 1. The molecule has 4 rings (SSSR count). The van der Waals surface area contributed by atoms with Crippen molar-refractivity contribution in [2.24, 2.45) is 0 Å². The highest BCUT2D eigenvalue weighted by molar-refractivity contribution is 6.06. The van der Waals surface area contributed by atoms with Crippen molar-refractivity contribution in [1.82, 2.24) is 19.6 Å². The number of benzene rings is 2. The van der Waals surface area contributed by atoms with Gasteiger partial charge in [0.2, 0.25) is 5.82 Å². The molecule has 0 spiro atoms. The minimum absolute atomic E-state index is 0.0322. The molecule has 168 valence electrons. The van der Waals surface area contributed by atoms with Crippen LogP contribution in [-0.2, 0) is 10.9 Å². The number of aromatic nitrogens is 4. The molecule has 0 aliphatic rings. The molecule has 1 N–H and O–H groups in total. The van der Waals surface area contributed by atoms with Gasteiger partial charge < -0.3 is 10.1 Å². The number of hydrogen-bond acceptors (Lipinski definition) is 6. The third-order valence-electron chi connectivity index (χ3n) is 4.53. The summed E-state index contributed by atoms with van der Waals surface area (Å²) < 4.78 is 59.3. The number of fused-ring (bicyclic) bond motifs is 1. The summed E-state index contributed by atoms with van der Waals surface area (Å²) in [6.07, 6.45) is -4.85. The van der Waals surface area contributed by atoms with E-state index >= 15 is 0 Å². The Morgan fingerprint density at radius 2 is 1.73 bits per heavy atom. The molecule has 8 nitrogen and oxygen atoms in total. The largest absolute Gasteiger partial charge is 0.465 e. The Morgan fingerprint density at radius 3 is 2.39 bits per heavy atom. The van der Waals surface area contributed by atoms with Crippen LogP contribution in [0, 0.1) is 5.82 Å². The van der Waals surface area contributed by atoms with E-state index in [-0.39, 0.29) is 22.5 Å². The predicted molar refractivity (Wildman–Crippen MR) is 107 cm³/mol. The van der Waals surface area contributed by atoms with E-state index in [1.807, 2.05) is 0 Å². The lowest BCUT2D eigenvalue weighted by Crippen LogP contribution is -2.17. The van der Waals surface area contributed by atoms with Crippen molar-refractivity contribution in [3.8, 4) is 11.3 Å². The van der Waals surface area contributed by atoms with E-state index in [2.05, 4.69) is 25.1 Å². The van der Waals surface area contributed by atoms with Gasteiger partial charge in [-0.05, 0) is 42.5 Å². The van der Waals surface area contributed by atoms with Crippen LogP contribution in [0.15, 0.2) is 54.6 Å². The van der Waals surface area contributed by atoms with Crippen LogP contribution in [0.5, 0.6) is 0 Å². The Kier molecular flexibility index (Phi) is 5.50. The van der Waals surface area contributed by atoms with Crippen LogP contribution in [0.2, 0.25) is 0 Å². The summed E-state index contributed by atoms with van der Waals surface area (Å²) in [6.45, 7) is 0. The van der Waals surface area contributed by atoms with Crippen molar-refractivity contribution >= 4 is 23.3 Å². The molecule has 0 fully saturated rings. The van der Waals surface area contributed by atoms with Crippen molar-refractivity contribution < 1.29 is 31.9 Å². The number of halogens is 4. The first kappa shape index (κ1) is 21.9. The molecule has 12 heteroatoms. The van der Waals surface area contributed by atoms with E-state index in [0.29, 0.717) is 4.52 Å². The highest BCUT2D eigenvalue weighted by Crippen LogP contribution is 2.32. The number of ether oxygens (including phenoxy) is 1. The molecule has 0 aliphatic carbocycles. The number of carbonyl (C=O) groups excluding carboxylic acids is 2. The Morgan fingerprint density at radius 1 is 1.03 bits per heavy atom. The third-order valence-corrected chi connectivity index (χ3v) is 4.53. The second-order valence-corrected chi connectivity index (χ2v) is 6.67. The number of rotatable bonds is 4. The highest BCUT2D eigenvalue weighted by atomic mass is 19.4. The van der Waals surface area contributed by atoms with Crippen LogP contribution in [0.25, 0.3) is 17.0 Å². The van der Waals surface area contributed by atoms with E-state index in [1.54, 1.807) is 6.07 Å². The molecule has 2 aromatic heterocycles. The van der Waals surface area contributed by atoms with E-state index in [1.165, 1.54) is 30.3 Å². The van der Waals surface area contributed by atoms with Gasteiger partial charge in [0.1, 0.15) is 5.82 Å². The second kappa shape index (κ2) is 8.30. The van der Waals surface area contributed by atoms with E-state index in [0.717, 1.165) is 25.3 Å². The average molecular weight is 459 g/mol. The molecule has 0 atom stereocenters. The molecule has 2 aromatic carbocycles. The summed E-state index contributed by atoms with van der Waals surface area (Å²) in [5.41, 5.74) is -1.06. The van der Waals surface area contributed by atoms with Crippen LogP contribution in [0.4, 0.5) is 23.2 Å². The van der Waals surface area contributed by atoms with Crippen molar-refractivity contribution in [1.29, 1.82) is 0 Å². The number of esters is 1. The second-order valence-electron chi connectivity index (χ2n) is 6.67. The number of para-hydroxylation sites is 1. The maximum atomic E-state index is 13.7. The molecular formula is C21H13F4N5O3. The summed E-state index contributed by atoms with van der Waals surface area (Å²) in [5.74, 6) is -3.35. The van der Waals surface area contributed by atoms with E-state index in [9.17, 15) is 27.2 Å². The van der Waals surface area contributed by atoms with Crippen LogP contribution in [0.1, 0.15) is 26.7 Å². The minimum atomic E-state index is -4.85. The van der Waals surface area contributed by atoms with E-state index < -0.39 is 41.2 Å². The van der Waals surface area contributed by atoms with Crippen molar-refractivity contribution in [2.75, 3.05) is 12.4 Å². The van der Waals surface area contributed by atoms with Gasteiger partial charge in [0.25, 0.3) is 11.7 Å². The Hall–Kier alpha value is -4.35. The van der Waals surface area contributed by atoms with Crippen LogP contribution in [0.3, 0.4) is 0 Å². The van der Waals surface area contributed by atoms with Gasteiger partial charge in [0.05, 0.1) is 24.1 Å². The number of amides is 1. The van der Waals surface area contributed by atoms with Gasteiger partial charge in [-0.1, -0.05) is 12.1 Å². The molecule has 0 bridgehead atoms. The standard InChI is InChI=1S/C21H13F4N5O3/c1-33-19(32)13-4-2-3-5-14(13)26-18(31)17-28-20-27-15(11-6-8-12(22)9-7-11)10-16(21(23,24)25)30(20)29-17/h2-10H,1H3,(H,26,31). The monoisotopic (exact) mass is 459 g/mol. The van der Waals surface area contributed by atoms with Crippen LogP contribution < -0.4 is 5.32 Å². The van der Waals surface area contributed by atoms with Gasteiger partial charge in [0.15, 0.2) is 5.69 Å². The predicted octanol–water partition coefficient (Wildman–Crippen LogP) is 3.99. The number of hydrogen-bond donors (Lipinski definition) is 1. The van der Waals surface area contributed by atoms with Gasteiger partial charge in [-0.15, -0.1) is 5.10 Å². The Balaban J connectivity index is 1.77. The molecule has 1 amide bonds. The number of alkyl halides is 3. The van der Waals surface area contributed by atoms with Gasteiger partial charge in [-0.3, -0.25) is 4.79 Å². The third kappa shape index (κ3) is 4.35. The lowest BCUT2D eigenvalue weighted by Gasteiger charge is -2.10. The minimum Gasteiger partial charge on any atom is -0.465 e. The fraction of sp³-hybridized carbons (Fsp3) is 0.0952. The average Bonchev–Trinajstić information content (AvgIpc) is 3.22. The van der Waals surface area contributed by atoms with Gasteiger partial charge in [0, 0.05) is 5.56 Å². The van der Waals surface area contributed by atoms with Crippen molar-refractivity contribution in [3.63, 3.8) is 0 Å². The fourth-order valence-corrected chi connectivity index (χ4v) is 2.99. The lowest BCUT2D eigenvalue weighted by molar-refractivity contribution is -0.142. The zero-order valence-corrected chi connectivity index (χ0v) is 16.7. The Bertz CT molecular complexity index is 1370. The lowest BCUT2D eigenvalue weighted by atomic mass is 10.1. The number of carbonyl (C=O) groups is 2. The number of nitrogens with zero attached hydrogens (tertiary/aromatic N) is 4. The first-order valence-electron chi connectivity index (χ1n) is 9.27. The summed E-state index contributed by atoms with van der Waals surface area (Å²) in [5, 5.41) is 6.04. The summed E-state index contributed by atoms with van der Waals surface area (Å²) in [4.78, 5) is 32.4.